The van der Waals surface area contributed by atoms with Crippen molar-refractivity contribution in [3.8, 4) is 17.2 Å². The van der Waals surface area contributed by atoms with E-state index in [9.17, 15) is 14.0 Å². The summed E-state index contributed by atoms with van der Waals surface area (Å²) in [5, 5.41) is 14.0. The van der Waals surface area contributed by atoms with Crippen molar-refractivity contribution in [2.75, 3.05) is 5.32 Å². The molecule has 1 aromatic carbocycles. The standard InChI is InChI=1S/C23H21FN8O2/c1-13-8-17(24)16(9-20(13)31-10-19(25-12-31)15-6-7-15)23(34)27-21-5-3-4-18(26-21)22-28-29-30-32(22)14(2)11-33/h3-5,8-12,14-15H,6-7H2,1-2H3,(H,26,27,34). The molecule has 1 aliphatic carbocycles. The first-order chi connectivity index (χ1) is 16.4. The van der Waals surface area contributed by atoms with E-state index >= 15 is 0 Å². The monoisotopic (exact) mass is 460 g/mol. The summed E-state index contributed by atoms with van der Waals surface area (Å²) in [5.41, 5.74) is 2.60. The van der Waals surface area contributed by atoms with Crippen LogP contribution in [0.5, 0.6) is 0 Å². The number of nitrogens with zero attached hydrogens (tertiary/aromatic N) is 7. The number of anilines is 1. The maximum absolute atomic E-state index is 14.8. The zero-order chi connectivity index (χ0) is 23.8. The number of aromatic nitrogens is 7. The van der Waals surface area contributed by atoms with Crippen molar-refractivity contribution in [1.29, 1.82) is 0 Å². The first-order valence-electron chi connectivity index (χ1n) is 10.8. The van der Waals surface area contributed by atoms with E-state index < -0.39 is 17.8 Å². The Balaban J connectivity index is 1.42. The van der Waals surface area contributed by atoms with E-state index in [4.69, 9.17) is 0 Å². The Kier molecular flexibility index (Phi) is 5.44. The van der Waals surface area contributed by atoms with Crippen molar-refractivity contribution in [2.24, 2.45) is 0 Å². The number of pyridine rings is 1. The number of benzene rings is 1. The molecule has 0 bridgehead atoms. The van der Waals surface area contributed by atoms with Crippen molar-refractivity contribution in [2.45, 2.75) is 38.6 Å². The van der Waals surface area contributed by atoms with E-state index in [0.717, 1.165) is 18.5 Å². The van der Waals surface area contributed by atoms with Gasteiger partial charge in [0.25, 0.3) is 5.91 Å². The predicted octanol–water partition coefficient (Wildman–Crippen LogP) is 3.26. The Morgan fingerprint density at radius 3 is 2.88 bits per heavy atom. The summed E-state index contributed by atoms with van der Waals surface area (Å²) in [6, 6.07) is 7.13. The van der Waals surface area contributed by atoms with Crippen LogP contribution in [0.3, 0.4) is 0 Å². The number of tetrazole rings is 1. The number of amides is 1. The third kappa shape index (κ3) is 4.07. The van der Waals surface area contributed by atoms with Gasteiger partial charge in [-0.3, -0.25) is 4.79 Å². The number of carbonyl (C=O) groups is 2. The van der Waals surface area contributed by atoms with Gasteiger partial charge in [0, 0.05) is 12.1 Å². The van der Waals surface area contributed by atoms with Gasteiger partial charge in [0.05, 0.1) is 23.3 Å². The molecule has 1 amide bonds. The Hall–Kier alpha value is -4.28. The molecule has 1 fully saturated rings. The maximum Gasteiger partial charge on any atom is 0.259 e. The molecule has 0 spiro atoms. The second-order valence-electron chi connectivity index (χ2n) is 8.28. The number of aryl methyl sites for hydroxylation is 1. The molecule has 5 rings (SSSR count). The summed E-state index contributed by atoms with van der Waals surface area (Å²) in [6.07, 6.45) is 6.57. The SMILES string of the molecule is Cc1cc(F)c(C(=O)Nc2cccc(-c3nnnn3C(C)C=O)n2)cc1-n1cnc(C2CC2)c1. The molecule has 4 aromatic rings. The molecule has 3 heterocycles. The number of nitrogens with one attached hydrogen (secondary N) is 1. The minimum atomic E-state index is -0.646. The quantitative estimate of drug-likeness (QED) is 0.420. The van der Waals surface area contributed by atoms with Gasteiger partial charge in [0.1, 0.15) is 29.7 Å². The number of hydrogen-bond donors (Lipinski definition) is 1. The lowest BCUT2D eigenvalue weighted by Gasteiger charge is -2.12. The molecule has 1 aliphatic rings. The lowest BCUT2D eigenvalue weighted by molar-refractivity contribution is -0.110. The molecule has 11 heteroatoms. The molecule has 1 saturated carbocycles. The van der Waals surface area contributed by atoms with Crippen molar-refractivity contribution >= 4 is 18.0 Å². The largest absolute Gasteiger partial charge is 0.306 e. The van der Waals surface area contributed by atoms with Crippen molar-refractivity contribution < 1.29 is 14.0 Å². The zero-order valence-electron chi connectivity index (χ0n) is 18.5. The molecule has 34 heavy (non-hydrogen) atoms. The molecular weight excluding hydrogens is 439 g/mol. The highest BCUT2D eigenvalue weighted by molar-refractivity contribution is 6.04. The van der Waals surface area contributed by atoms with E-state index in [2.05, 4.69) is 30.8 Å². The Labute approximate surface area is 193 Å². The van der Waals surface area contributed by atoms with Crippen molar-refractivity contribution in [1.82, 2.24) is 34.7 Å². The highest BCUT2D eigenvalue weighted by atomic mass is 19.1. The first kappa shape index (κ1) is 21.6. The van der Waals surface area contributed by atoms with E-state index in [1.807, 2.05) is 10.8 Å². The first-order valence-corrected chi connectivity index (χ1v) is 10.8. The third-order valence-electron chi connectivity index (χ3n) is 5.70. The Bertz CT molecular complexity index is 1390. The molecule has 0 saturated heterocycles. The molecule has 0 radical (unpaired) electrons. The summed E-state index contributed by atoms with van der Waals surface area (Å²) in [6.45, 7) is 3.43. The fourth-order valence-corrected chi connectivity index (χ4v) is 3.68. The van der Waals surface area contributed by atoms with Crippen LogP contribution < -0.4 is 5.32 Å². The van der Waals surface area contributed by atoms with Crippen LogP contribution in [0.1, 0.15) is 53.3 Å². The topological polar surface area (TPSA) is 120 Å². The van der Waals surface area contributed by atoms with Gasteiger partial charge < -0.3 is 14.7 Å². The van der Waals surface area contributed by atoms with E-state index in [1.54, 1.807) is 38.4 Å². The third-order valence-corrected chi connectivity index (χ3v) is 5.70. The highest BCUT2D eigenvalue weighted by Gasteiger charge is 2.26. The highest BCUT2D eigenvalue weighted by Crippen LogP contribution is 2.39. The predicted molar refractivity (Wildman–Crippen MR) is 120 cm³/mol. The minimum absolute atomic E-state index is 0.117. The van der Waals surface area contributed by atoms with Gasteiger partial charge in [-0.1, -0.05) is 6.07 Å². The lowest BCUT2D eigenvalue weighted by atomic mass is 10.1. The van der Waals surface area contributed by atoms with Gasteiger partial charge >= 0.3 is 0 Å². The van der Waals surface area contributed by atoms with Gasteiger partial charge in [-0.05, 0) is 66.9 Å². The Morgan fingerprint density at radius 1 is 1.29 bits per heavy atom. The number of hydrogen-bond acceptors (Lipinski definition) is 7. The fourth-order valence-electron chi connectivity index (χ4n) is 3.68. The fraction of sp³-hybridized carbons (Fsp3) is 0.261. The summed E-state index contributed by atoms with van der Waals surface area (Å²) in [7, 11) is 0. The van der Waals surface area contributed by atoms with Crippen molar-refractivity contribution in [3.63, 3.8) is 0 Å². The summed E-state index contributed by atoms with van der Waals surface area (Å²) < 4.78 is 17.9. The van der Waals surface area contributed by atoms with E-state index in [1.165, 1.54) is 16.8 Å². The van der Waals surface area contributed by atoms with Gasteiger partial charge in [0.2, 0.25) is 5.82 Å². The van der Waals surface area contributed by atoms with Crippen LogP contribution in [-0.2, 0) is 4.79 Å². The van der Waals surface area contributed by atoms with Gasteiger partial charge in [-0.2, -0.15) is 0 Å². The number of halogens is 1. The number of aldehydes is 1. The average molecular weight is 460 g/mol. The van der Waals surface area contributed by atoms with Crippen LogP contribution in [-0.4, -0.2) is 46.9 Å². The van der Waals surface area contributed by atoms with Crippen LogP contribution in [0.4, 0.5) is 10.2 Å². The molecule has 172 valence electrons. The molecule has 1 unspecified atom stereocenters. The van der Waals surface area contributed by atoms with Crippen LogP contribution in [0.15, 0.2) is 42.9 Å². The summed E-state index contributed by atoms with van der Waals surface area (Å²) >= 11 is 0. The van der Waals surface area contributed by atoms with E-state index in [-0.39, 0.29) is 17.2 Å². The van der Waals surface area contributed by atoms with Crippen LogP contribution in [0.25, 0.3) is 17.2 Å². The molecule has 3 aromatic heterocycles. The molecular formula is C23H21FN8O2. The normalized spacial score (nSPS) is 14.1. The summed E-state index contributed by atoms with van der Waals surface area (Å²) in [4.78, 5) is 32.9. The van der Waals surface area contributed by atoms with Gasteiger partial charge in [-0.15, -0.1) is 5.10 Å². The molecule has 1 N–H and O–H groups in total. The van der Waals surface area contributed by atoms with E-state index in [0.29, 0.717) is 29.1 Å². The Morgan fingerprint density at radius 2 is 2.12 bits per heavy atom. The minimum Gasteiger partial charge on any atom is -0.306 e. The van der Waals surface area contributed by atoms with Crippen LogP contribution in [0.2, 0.25) is 0 Å². The van der Waals surface area contributed by atoms with Gasteiger partial charge in [-0.25, -0.2) is 19.0 Å². The molecule has 10 nitrogen and oxygen atoms in total. The number of carbonyl (C=O) groups excluding carboxylic acids is 2. The van der Waals surface area contributed by atoms with Crippen LogP contribution >= 0.6 is 0 Å². The smallest absolute Gasteiger partial charge is 0.259 e. The lowest BCUT2D eigenvalue weighted by Crippen LogP contribution is -2.16. The maximum atomic E-state index is 14.8. The second-order valence-corrected chi connectivity index (χ2v) is 8.28. The number of rotatable bonds is 7. The van der Waals surface area contributed by atoms with Crippen LogP contribution in [0, 0.1) is 12.7 Å². The van der Waals surface area contributed by atoms with Gasteiger partial charge in [0.15, 0.2) is 0 Å². The van der Waals surface area contributed by atoms with Crippen molar-refractivity contribution in [3.05, 3.63) is 65.5 Å². The molecule has 0 aliphatic heterocycles. The molecule has 1 atom stereocenters. The summed E-state index contributed by atoms with van der Waals surface area (Å²) in [5.74, 6) is -0.339. The second kappa shape index (κ2) is 8.58. The zero-order valence-corrected chi connectivity index (χ0v) is 18.5. The average Bonchev–Trinajstić information content (AvgIpc) is 3.35. The number of imidazole rings is 1.